The fourth-order valence-corrected chi connectivity index (χ4v) is 4.80. The summed E-state index contributed by atoms with van der Waals surface area (Å²) in [5.41, 5.74) is 2.79. The smallest absolute Gasteiger partial charge is 0.266 e. The van der Waals surface area contributed by atoms with E-state index in [4.69, 9.17) is 0 Å². The molecule has 0 amide bonds. The first-order chi connectivity index (χ1) is 16.4. The predicted molar refractivity (Wildman–Crippen MR) is 134 cm³/mol. The van der Waals surface area contributed by atoms with Crippen LogP contribution in [0, 0.1) is 5.92 Å². The summed E-state index contributed by atoms with van der Waals surface area (Å²) in [7, 11) is 2.18. The lowest BCUT2D eigenvalue weighted by atomic mass is 9.97. The highest BCUT2D eigenvalue weighted by atomic mass is 19.3. The molecule has 0 saturated carbocycles. The van der Waals surface area contributed by atoms with Gasteiger partial charge in [-0.25, -0.2) is 13.8 Å². The summed E-state index contributed by atoms with van der Waals surface area (Å²) >= 11 is 0. The van der Waals surface area contributed by atoms with Gasteiger partial charge in [0.1, 0.15) is 5.82 Å². The summed E-state index contributed by atoms with van der Waals surface area (Å²) in [5, 5.41) is 8.80. The van der Waals surface area contributed by atoms with Crippen molar-refractivity contribution in [2.45, 2.75) is 31.7 Å². The van der Waals surface area contributed by atoms with E-state index in [1.165, 1.54) is 25.9 Å². The third-order valence-corrected chi connectivity index (χ3v) is 6.98. The summed E-state index contributed by atoms with van der Waals surface area (Å²) in [6, 6.07) is 10.1. The molecular weight excluding hydrogens is 434 g/mol. The standard InChI is InChI=1S/C26H32F2N6/c1-33-9-6-19(7-10-33)13-31-25-5-2-20(15-32-25)14-30-22-4-3-21-16-29-17-24(23(21)12-22)34-11-8-26(27,28)18-34/h2-5,12,15-17,19,30H,6-11,13-14,18H2,1H3,(H,31,32). The maximum Gasteiger partial charge on any atom is 0.266 e. The molecule has 2 N–H and O–H groups in total. The van der Waals surface area contributed by atoms with Gasteiger partial charge in [-0.05, 0) is 62.7 Å². The van der Waals surface area contributed by atoms with Crippen LogP contribution in [0.5, 0.6) is 0 Å². The highest BCUT2D eigenvalue weighted by Crippen LogP contribution is 2.35. The second-order valence-corrected chi connectivity index (χ2v) is 9.65. The Morgan fingerprint density at radius 2 is 1.88 bits per heavy atom. The molecule has 2 saturated heterocycles. The van der Waals surface area contributed by atoms with Crippen molar-refractivity contribution in [1.82, 2.24) is 14.9 Å². The minimum atomic E-state index is -2.64. The molecular formula is C26H32F2N6. The minimum absolute atomic E-state index is 0.114. The van der Waals surface area contributed by atoms with E-state index in [1.54, 1.807) is 17.3 Å². The predicted octanol–water partition coefficient (Wildman–Crippen LogP) is 4.84. The Bertz CT molecular complexity index is 1110. The van der Waals surface area contributed by atoms with Crippen molar-refractivity contribution < 1.29 is 8.78 Å². The lowest BCUT2D eigenvalue weighted by molar-refractivity contribution is 0.0257. The average molecular weight is 467 g/mol. The molecule has 1 aromatic carbocycles. The quantitative estimate of drug-likeness (QED) is 0.520. The molecule has 0 radical (unpaired) electrons. The van der Waals surface area contributed by atoms with E-state index < -0.39 is 5.92 Å². The van der Waals surface area contributed by atoms with Gasteiger partial charge in [0.05, 0.1) is 18.4 Å². The molecule has 0 atom stereocenters. The number of fused-ring (bicyclic) bond motifs is 1. The summed E-state index contributed by atoms with van der Waals surface area (Å²) in [5.74, 6) is -1.02. The first-order valence-corrected chi connectivity index (χ1v) is 12.1. The van der Waals surface area contributed by atoms with E-state index in [0.29, 0.717) is 19.0 Å². The highest BCUT2D eigenvalue weighted by Gasteiger charge is 2.38. The molecule has 8 heteroatoms. The zero-order chi connectivity index (χ0) is 23.5. The molecule has 34 heavy (non-hydrogen) atoms. The van der Waals surface area contributed by atoms with Crippen molar-refractivity contribution in [3.05, 3.63) is 54.5 Å². The lowest BCUT2D eigenvalue weighted by Crippen LogP contribution is -2.33. The molecule has 6 nitrogen and oxygen atoms in total. The first-order valence-electron chi connectivity index (χ1n) is 12.1. The van der Waals surface area contributed by atoms with Crippen molar-refractivity contribution >= 4 is 28.0 Å². The van der Waals surface area contributed by atoms with E-state index >= 15 is 0 Å². The Kier molecular flexibility index (Phi) is 6.50. The Morgan fingerprint density at radius 3 is 2.62 bits per heavy atom. The van der Waals surface area contributed by atoms with Crippen LogP contribution in [-0.2, 0) is 6.54 Å². The van der Waals surface area contributed by atoms with Crippen LogP contribution in [0.4, 0.5) is 26.0 Å². The number of hydrogen-bond donors (Lipinski definition) is 2. The van der Waals surface area contributed by atoms with Crippen LogP contribution in [0.2, 0.25) is 0 Å². The number of nitrogens with one attached hydrogen (secondary N) is 2. The van der Waals surface area contributed by atoms with Gasteiger partial charge < -0.3 is 20.4 Å². The fourth-order valence-electron chi connectivity index (χ4n) is 4.80. The van der Waals surface area contributed by atoms with E-state index in [-0.39, 0.29) is 13.0 Å². The first kappa shape index (κ1) is 22.8. The topological polar surface area (TPSA) is 56.3 Å². The van der Waals surface area contributed by atoms with Crippen molar-refractivity contribution in [3.8, 4) is 0 Å². The van der Waals surface area contributed by atoms with E-state index in [0.717, 1.165) is 40.1 Å². The van der Waals surface area contributed by atoms with Crippen LogP contribution in [-0.4, -0.2) is 60.6 Å². The van der Waals surface area contributed by atoms with Gasteiger partial charge in [-0.15, -0.1) is 0 Å². The van der Waals surface area contributed by atoms with Gasteiger partial charge in [0.25, 0.3) is 5.92 Å². The molecule has 2 aliphatic heterocycles. The van der Waals surface area contributed by atoms with Gasteiger partial charge >= 0.3 is 0 Å². The van der Waals surface area contributed by atoms with Crippen LogP contribution in [0.25, 0.3) is 10.8 Å². The third-order valence-electron chi connectivity index (χ3n) is 6.98. The number of piperidine rings is 1. The van der Waals surface area contributed by atoms with Crippen LogP contribution < -0.4 is 15.5 Å². The molecule has 4 heterocycles. The number of hydrogen-bond acceptors (Lipinski definition) is 6. The third kappa shape index (κ3) is 5.38. The van der Waals surface area contributed by atoms with Crippen LogP contribution >= 0.6 is 0 Å². The van der Waals surface area contributed by atoms with Gasteiger partial charge in [0.15, 0.2) is 0 Å². The largest absolute Gasteiger partial charge is 0.381 e. The number of halogens is 2. The normalized spacial score (nSPS) is 19.0. The van der Waals surface area contributed by atoms with E-state index in [1.807, 2.05) is 30.5 Å². The molecule has 2 aromatic heterocycles. The zero-order valence-corrected chi connectivity index (χ0v) is 19.6. The molecule has 2 fully saturated rings. The molecule has 3 aromatic rings. The van der Waals surface area contributed by atoms with Crippen LogP contribution in [0.3, 0.4) is 0 Å². The SMILES string of the molecule is CN1CCC(CNc2ccc(CNc3ccc4cncc(N5CCC(F)(F)C5)c4c3)cn2)CC1. The van der Waals surface area contributed by atoms with Gasteiger partial charge in [-0.3, -0.25) is 4.98 Å². The number of benzene rings is 1. The number of rotatable bonds is 7. The van der Waals surface area contributed by atoms with E-state index in [2.05, 4.69) is 38.6 Å². The zero-order valence-electron chi connectivity index (χ0n) is 19.6. The highest BCUT2D eigenvalue weighted by molar-refractivity contribution is 5.95. The number of anilines is 3. The number of aromatic nitrogens is 2. The Labute approximate surface area is 199 Å². The van der Waals surface area contributed by atoms with Crippen molar-refractivity contribution in [2.75, 3.05) is 55.3 Å². The summed E-state index contributed by atoms with van der Waals surface area (Å²) in [6.45, 7) is 4.03. The average Bonchev–Trinajstić information content (AvgIpc) is 3.22. The number of alkyl halides is 2. The van der Waals surface area contributed by atoms with E-state index in [9.17, 15) is 8.78 Å². The summed E-state index contributed by atoms with van der Waals surface area (Å²) < 4.78 is 27.5. The van der Waals surface area contributed by atoms with Crippen molar-refractivity contribution in [3.63, 3.8) is 0 Å². The van der Waals surface area contributed by atoms with Gasteiger partial charge in [-0.1, -0.05) is 12.1 Å². The lowest BCUT2D eigenvalue weighted by Gasteiger charge is -2.29. The molecule has 0 bridgehead atoms. The number of nitrogens with zero attached hydrogens (tertiary/aromatic N) is 4. The van der Waals surface area contributed by atoms with Gasteiger partial charge in [0.2, 0.25) is 0 Å². The number of pyridine rings is 2. The molecule has 0 spiro atoms. The van der Waals surface area contributed by atoms with Gasteiger partial charge in [0, 0.05) is 54.9 Å². The minimum Gasteiger partial charge on any atom is -0.381 e. The summed E-state index contributed by atoms with van der Waals surface area (Å²) in [6.07, 6.45) is 7.71. The molecule has 180 valence electrons. The second-order valence-electron chi connectivity index (χ2n) is 9.65. The second kappa shape index (κ2) is 9.70. The summed E-state index contributed by atoms with van der Waals surface area (Å²) in [4.78, 5) is 13.0. The maximum absolute atomic E-state index is 13.8. The maximum atomic E-state index is 13.8. The number of likely N-dealkylation sites (tertiary alicyclic amines) is 1. The fraction of sp³-hybridized carbons (Fsp3) is 0.462. The molecule has 0 unspecified atom stereocenters. The Hall–Kier alpha value is -3.00. The van der Waals surface area contributed by atoms with Crippen molar-refractivity contribution in [2.24, 2.45) is 5.92 Å². The van der Waals surface area contributed by atoms with Crippen LogP contribution in [0.15, 0.2) is 48.9 Å². The Balaban J connectivity index is 1.20. The van der Waals surface area contributed by atoms with Gasteiger partial charge in [-0.2, -0.15) is 0 Å². The molecule has 5 rings (SSSR count). The monoisotopic (exact) mass is 466 g/mol. The Morgan fingerprint density at radius 1 is 1.03 bits per heavy atom. The molecule has 0 aliphatic carbocycles. The molecule has 2 aliphatic rings. The van der Waals surface area contributed by atoms with Crippen molar-refractivity contribution in [1.29, 1.82) is 0 Å². The van der Waals surface area contributed by atoms with Crippen LogP contribution in [0.1, 0.15) is 24.8 Å².